The molecule has 0 fully saturated rings. The van der Waals surface area contributed by atoms with Crippen LogP contribution in [0.2, 0.25) is 0 Å². The molecule has 208 valence electrons. The minimum absolute atomic E-state index is 0.103. The van der Waals surface area contributed by atoms with Gasteiger partial charge in [-0.2, -0.15) is 0 Å². The van der Waals surface area contributed by atoms with Crippen molar-refractivity contribution >= 4 is 11.6 Å². The van der Waals surface area contributed by atoms with Crippen molar-refractivity contribution in [1.29, 1.82) is 0 Å². The molecule has 0 aromatic heterocycles. The molecule has 0 aliphatic heterocycles. The van der Waals surface area contributed by atoms with Gasteiger partial charge in [-0.3, -0.25) is 9.59 Å². The number of hydrogen-bond donors (Lipinski definition) is 0. The lowest BCUT2D eigenvalue weighted by Crippen LogP contribution is -2.17. The fraction of sp³-hybridized carbons (Fsp3) is 0.176. The standard InChI is InChI=1S/C34H26F4O3/c1-20-6-8-21(9-7-20)14-26(39)19-41-32-5-3-2-4-27(32)28-15-23(22-10-12-24(35)13-11-22)16-29(28)34(40)33-30(37)17-25(36)18-31(33)38/h2-13,16-18,23,28H,14-15,19H2,1H3. The second kappa shape index (κ2) is 11.9. The average Bonchev–Trinajstić information content (AvgIpc) is 3.38. The summed E-state index contributed by atoms with van der Waals surface area (Å²) in [5.74, 6) is -5.91. The maximum Gasteiger partial charge on any atom is 0.195 e. The van der Waals surface area contributed by atoms with Crippen molar-refractivity contribution < 1.29 is 31.9 Å². The van der Waals surface area contributed by atoms with Crippen LogP contribution < -0.4 is 4.74 Å². The van der Waals surface area contributed by atoms with E-state index >= 15 is 0 Å². The second-order valence-corrected chi connectivity index (χ2v) is 10.2. The van der Waals surface area contributed by atoms with Gasteiger partial charge in [0.15, 0.2) is 11.6 Å². The zero-order valence-corrected chi connectivity index (χ0v) is 22.2. The van der Waals surface area contributed by atoms with Gasteiger partial charge in [-0.05, 0) is 42.7 Å². The smallest absolute Gasteiger partial charge is 0.195 e. The van der Waals surface area contributed by atoms with Crippen molar-refractivity contribution in [3.05, 3.63) is 148 Å². The highest BCUT2D eigenvalue weighted by Gasteiger charge is 2.36. The molecule has 2 atom stereocenters. The second-order valence-electron chi connectivity index (χ2n) is 10.2. The minimum atomic E-state index is -1.30. The number of hydrogen-bond acceptors (Lipinski definition) is 3. The lowest BCUT2D eigenvalue weighted by molar-refractivity contribution is -0.120. The first-order chi connectivity index (χ1) is 19.7. The van der Waals surface area contributed by atoms with Gasteiger partial charge in [0.05, 0.1) is 5.56 Å². The number of allylic oxidation sites excluding steroid dienone is 2. The number of halogens is 4. The van der Waals surface area contributed by atoms with E-state index in [9.17, 15) is 27.2 Å². The fourth-order valence-electron chi connectivity index (χ4n) is 5.20. The topological polar surface area (TPSA) is 43.4 Å². The van der Waals surface area contributed by atoms with E-state index < -0.39 is 40.5 Å². The van der Waals surface area contributed by atoms with E-state index in [0.717, 1.165) is 11.1 Å². The zero-order chi connectivity index (χ0) is 29.1. The summed E-state index contributed by atoms with van der Waals surface area (Å²) in [5, 5.41) is 0. The van der Waals surface area contributed by atoms with Crippen LogP contribution in [0.25, 0.3) is 0 Å². The van der Waals surface area contributed by atoms with E-state index in [1.165, 1.54) is 12.1 Å². The molecule has 3 nitrogen and oxygen atoms in total. The summed E-state index contributed by atoms with van der Waals surface area (Å²) in [6, 6.07) is 21.2. The van der Waals surface area contributed by atoms with Gasteiger partial charge < -0.3 is 4.74 Å². The number of aryl methyl sites for hydroxylation is 1. The van der Waals surface area contributed by atoms with Gasteiger partial charge in [0.25, 0.3) is 0 Å². The molecule has 41 heavy (non-hydrogen) atoms. The minimum Gasteiger partial charge on any atom is -0.486 e. The summed E-state index contributed by atoms with van der Waals surface area (Å²) in [6.45, 7) is 1.74. The largest absolute Gasteiger partial charge is 0.486 e. The van der Waals surface area contributed by atoms with Crippen LogP contribution in [0.3, 0.4) is 0 Å². The molecule has 4 aromatic rings. The molecule has 0 heterocycles. The number of ether oxygens (including phenoxy) is 1. The third-order valence-electron chi connectivity index (χ3n) is 7.25. The highest BCUT2D eigenvalue weighted by Crippen LogP contribution is 2.47. The number of ketones is 2. The van der Waals surface area contributed by atoms with Gasteiger partial charge >= 0.3 is 0 Å². The maximum absolute atomic E-state index is 14.7. The first-order valence-electron chi connectivity index (χ1n) is 13.1. The summed E-state index contributed by atoms with van der Waals surface area (Å²) < 4.78 is 62.4. The van der Waals surface area contributed by atoms with Crippen molar-refractivity contribution in [2.24, 2.45) is 0 Å². The molecule has 7 heteroatoms. The van der Waals surface area contributed by atoms with Crippen LogP contribution in [0, 0.1) is 30.2 Å². The molecule has 0 amide bonds. The van der Waals surface area contributed by atoms with Crippen LogP contribution in [0.1, 0.15) is 50.9 Å². The fourth-order valence-corrected chi connectivity index (χ4v) is 5.20. The zero-order valence-electron chi connectivity index (χ0n) is 22.2. The Labute approximate surface area is 235 Å². The third kappa shape index (κ3) is 6.30. The molecule has 2 unspecified atom stereocenters. The average molecular weight is 559 g/mol. The van der Waals surface area contributed by atoms with Crippen molar-refractivity contribution in [3.8, 4) is 5.75 Å². The Morgan fingerprint density at radius 3 is 2.17 bits per heavy atom. The predicted molar refractivity (Wildman–Crippen MR) is 147 cm³/mol. The predicted octanol–water partition coefficient (Wildman–Crippen LogP) is 7.82. The summed E-state index contributed by atoms with van der Waals surface area (Å²) >= 11 is 0. The molecule has 0 radical (unpaired) electrons. The van der Waals surface area contributed by atoms with Crippen LogP contribution in [0.5, 0.6) is 5.75 Å². The molecular formula is C34H26F4O3. The first-order valence-corrected chi connectivity index (χ1v) is 13.1. The monoisotopic (exact) mass is 558 g/mol. The van der Waals surface area contributed by atoms with Gasteiger partial charge in [0.2, 0.25) is 0 Å². The summed E-state index contributed by atoms with van der Waals surface area (Å²) in [7, 11) is 0. The summed E-state index contributed by atoms with van der Waals surface area (Å²) in [5.41, 5.74) is 2.46. The molecule has 1 aliphatic rings. The van der Waals surface area contributed by atoms with Gasteiger partial charge in [0.1, 0.15) is 35.6 Å². The van der Waals surface area contributed by atoms with E-state index in [-0.39, 0.29) is 30.3 Å². The summed E-state index contributed by atoms with van der Waals surface area (Å²) in [4.78, 5) is 26.3. The number of para-hydroxylation sites is 1. The van der Waals surface area contributed by atoms with Crippen LogP contribution in [-0.2, 0) is 11.2 Å². The van der Waals surface area contributed by atoms with E-state index in [2.05, 4.69) is 0 Å². The third-order valence-corrected chi connectivity index (χ3v) is 7.25. The van der Waals surface area contributed by atoms with E-state index in [1.807, 2.05) is 31.2 Å². The highest BCUT2D eigenvalue weighted by atomic mass is 19.1. The first kappa shape index (κ1) is 28.0. The molecule has 0 N–H and O–H groups in total. The van der Waals surface area contributed by atoms with Gasteiger partial charge in [-0.15, -0.1) is 0 Å². The molecule has 0 bridgehead atoms. The van der Waals surface area contributed by atoms with Crippen molar-refractivity contribution in [1.82, 2.24) is 0 Å². The van der Waals surface area contributed by atoms with Crippen molar-refractivity contribution in [2.75, 3.05) is 6.61 Å². The number of rotatable bonds is 9. The molecular weight excluding hydrogens is 532 g/mol. The van der Waals surface area contributed by atoms with E-state index in [0.29, 0.717) is 35.4 Å². The van der Waals surface area contributed by atoms with E-state index in [4.69, 9.17) is 4.74 Å². The summed E-state index contributed by atoms with van der Waals surface area (Å²) in [6.07, 6.45) is 2.13. The van der Waals surface area contributed by atoms with Crippen LogP contribution in [0.4, 0.5) is 17.6 Å². The number of Topliss-reactive ketones (excluding diaryl/α,β-unsaturated/α-hetero) is 2. The Morgan fingerprint density at radius 1 is 0.829 bits per heavy atom. The maximum atomic E-state index is 14.7. The van der Waals surface area contributed by atoms with Gasteiger partial charge in [-0.1, -0.05) is 66.2 Å². The lowest BCUT2D eigenvalue weighted by Gasteiger charge is -2.20. The molecule has 0 spiro atoms. The van der Waals surface area contributed by atoms with Crippen LogP contribution in [-0.4, -0.2) is 18.2 Å². The SMILES string of the molecule is Cc1ccc(CC(=O)COc2ccccc2C2CC(c3ccc(F)cc3)C=C2C(=O)c2c(F)cc(F)cc2F)cc1. The molecule has 1 aliphatic carbocycles. The number of carbonyl (C=O) groups excluding carboxylic acids is 2. The van der Waals surface area contributed by atoms with E-state index in [1.54, 1.807) is 42.5 Å². The molecule has 4 aromatic carbocycles. The Hall–Kier alpha value is -4.52. The number of benzene rings is 4. The Morgan fingerprint density at radius 2 is 1.49 bits per heavy atom. The molecule has 0 saturated carbocycles. The number of carbonyl (C=O) groups is 2. The van der Waals surface area contributed by atoms with Crippen molar-refractivity contribution in [3.63, 3.8) is 0 Å². The normalized spacial score (nSPS) is 16.4. The van der Waals surface area contributed by atoms with Gasteiger partial charge in [0, 0.05) is 41.5 Å². The Kier molecular flexibility index (Phi) is 8.15. The quantitative estimate of drug-likeness (QED) is 0.155. The molecule has 0 saturated heterocycles. The molecule has 5 rings (SSSR count). The van der Waals surface area contributed by atoms with Gasteiger partial charge in [-0.25, -0.2) is 17.6 Å². The lowest BCUT2D eigenvalue weighted by atomic mass is 9.86. The van der Waals surface area contributed by atoms with Crippen LogP contribution >= 0.6 is 0 Å². The highest BCUT2D eigenvalue weighted by molar-refractivity contribution is 6.10. The Balaban J connectivity index is 1.45. The van der Waals surface area contributed by atoms with Crippen molar-refractivity contribution in [2.45, 2.75) is 31.6 Å². The van der Waals surface area contributed by atoms with Crippen LogP contribution in [0.15, 0.2) is 96.6 Å². The Bertz CT molecular complexity index is 1600.